The number of unbranched alkanes of at least 4 members (excludes halogenated alkanes) is 64. The summed E-state index contributed by atoms with van der Waals surface area (Å²) in [5.74, 6) is -0.186. The van der Waals surface area contributed by atoms with E-state index >= 15 is 0 Å². The van der Waals surface area contributed by atoms with Crippen LogP contribution < -0.4 is 10.2 Å². The Kier molecular flexibility index (Phi) is 70.9. The number of allylic oxidation sites excluding steroid dienone is 1. The van der Waals surface area contributed by atoms with Crippen molar-refractivity contribution < 1.29 is 32.9 Å². The summed E-state index contributed by atoms with van der Waals surface area (Å²) >= 11 is 0. The van der Waals surface area contributed by atoms with Gasteiger partial charge in [0.25, 0.3) is 7.82 Å². The second-order valence-electron chi connectivity index (χ2n) is 29.5. The third kappa shape index (κ3) is 74.5. The Bertz CT molecular complexity index is 1460. The molecule has 0 aromatic rings. The molecular weight excluding hydrogens is 1120 g/mol. The van der Waals surface area contributed by atoms with Crippen LogP contribution in [0.3, 0.4) is 0 Å². The van der Waals surface area contributed by atoms with Crippen LogP contribution in [0.5, 0.6) is 0 Å². The summed E-state index contributed by atoms with van der Waals surface area (Å²) in [6.45, 7) is 4.73. The molecule has 0 aromatic carbocycles. The summed E-state index contributed by atoms with van der Waals surface area (Å²) in [6.07, 6.45) is 94.0. The van der Waals surface area contributed by atoms with E-state index in [1.165, 1.54) is 385 Å². The Morgan fingerprint density at radius 3 is 0.843 bits per heavy atom. The number of aliphatic hydroxyl groups excluding tert-OH is 1. The molecule has 0 aliphatic heterocycles. The van der Waals surface area contributed by atoms with Crippen molar-refractivity contribution in [2.45, 2.75) is 456 Å². The van der Waals surface area contributed by atoms with Gasteiger partial charge in [-0.1, -0.05) is 431 Å². The van der Waals surface area contributed by atoms with Gasteiger partial charge in [-0.2, -0.15) is 0 Å². The minimum Gasteiger partial charge on any atom is -0.756 e. The summed E-state index contributed by atoms with van der Waals surface area (Å²) in [5, 5.41) is 14.0. The number of rotatable bonds is 77. The van der Waals surface area contributed by atoms with Crippen molar-refractivity contribution in [2.75, 3.05) is 40.9 Å². The number of carbonyl (C=O) groups excluding carboxylic acids is 1. The van der Waals surface area contributed by atoms with Gasteiger partial charge in [0, 0.05) is 6.42 Å². The molecule has 0 rings (SSSR count). The number of hydrogen-bond acceptors (Lipinski definition) is 6. The van der Waals surface area contributed by atoms with Crippen molar-refractivity contribution >= 4 is 13.7 Å². The number of carbonyl (C=O) groups is 1. The molecule has 2 N–H and O–H groups in total. The first-order valence-corrected chi connectivity index (χ1v) is 42.0. The lowest BCUT2D eigenvalue weighted by Gasteiger charge is -2.29. The lowest BCUT2D eigenvalue weighted by atomic mass is 10.0. The van der Waals surface area contributed by atoms with Crippen LogP contribution in [-0.2, 0) is 18.4 Å². The van der Waals surface area contributed by atoms with E-state index in [1.807, 2.05) is 27.2 Å². The molecule has 532 valence electrons. The van der Waals surface area contributed by atoms with Gasteiger partial charge >= 0.3 is 0 Å². The van der Waals surface area contributed by atoms with E-state index < -0.39 is 20.0 Å². The molecule has 89 heavy (non-hydrogen) atoms. The smallest absolute Gasteiger partial charge is 0.268 e. The highest BCUT2D eigenvalue weighted by Crippen LogP contribution is 2.38. The maximum absolute atomic E-state index is 13.1. The number of likely N-dealkylation sites (N-methyl/N-ethyl adjacent to an activating group) is 1. The van der Waals surface area contributed by atoms with Gasteiger partial charge in [-0.15, -0.1) is 0 Å². The molecule has 0 radical (unpaired) electrons. The predicted octanol–water partition coefficient (Wildman–Crippen LogP) is 25.8. The van der Waals surface area contributed by atoms with Gasteiger partial charge in [0.1, 0.15) is 13.2 Å². The molecule has 0 aromatic heterocycles. The zero-order valence-electron chi connectivity index (χ0n) is 61.2. The minimum absolute atomic E-state index is 0.00313. The van der Waals surface area contributed by atoms with Crippen LogP contribution in [-0.4, -0.2) is 68.5 Å². The van der Waals surface area contributed by atoms with Crippen LogP contribution in [0.25, 0.3) is 0 Å². The summed E-state index contributed by atoms with van der Waals surface area (Å²) in [4.78, 5) is 25.7. The van der Waals surface area contributed by atoms with E-state index in [-0.39, 0.29) is 19.1 Å². The van der Waals surface area contributed by atoms with E-state index in [0.29, 0.717) is 17.4 Å². The van der Waals surface area contributed by atoms with Gasteiger partial charge in [-0.05, 0) is 19.3 Å². The first-order chi connectivity index (χ1) is 43.5. The molecule has 8 nitrogen and oxygen atoms in total. The van der Waals surface area contributed by atoms with E-state index in [9.17, 15) is 19.4 Å². The minimum atomic E-state index is -4.60. The lowest BCUT2D eigenvalue weighted by Crippen LogP contribution is -2.45. The van der Waals surface area contributed by atoms with Crippen LogP contribution in [0.1, 0.15) is 444 Å². The van der Waals surface area contributed by atoms with Gasteiger partial charge in [0.05, 0.1) is 39.9 Å². The fourth-order valence-corrected chi connectivity index (χ4v) is 13.7. The van der Waals surface area contributed by atoms with Crippen molar-refractivity contribution in [2.24, 2.45) is 0 Å². The maximum atomic E-state index is 13.1. The molecule has 0 saturated heterocycles. The van der Waals surface area contributed by atoms with Gasteiger partial charge in [0.15, 0.2) is 0 Å². The van der Waals surface area contributed by atoms with E-state index in [4.69, 9.17) is 9.05 Å². The van der Waals surface area contributed by atoms with E-state index in [0.717, 1.165) is 38.5 Å². The number of nitrogens with zero attached hydrogens (tertiary/aromatic N) is 1. The first kappa shape index (κ1) is 88.2. The van der Waals surface area contributed by atoms with E-state index in [2.05, 4.69) is 19.2 Å². The number of quaternary nitrogens is 1. The fourth-order valence-electron chi connectivity index (χ4n) is 13.0. The number of aliphatic hydroxyl groups is 1. The Morgan fingerprint density at radius 1 is 0.382 bits per heavy atom. The van der Waals surface area contributed by atoms with Crippen molar-refractivity contribution in [3.05, 3.63) is 12.2 Å². The molecule has 0 spiro atoms. The molecule has 0 aliphatic rings. The Hall–Kier alpha value is -0.760. The highest BCUT2D eigenvalue weighted by Gasteiger charge is 2.23. The van der Waals surface area contributed by atoms with Crippen LogP contribution >= 0.6 is 7.82 Å². The highest BCUT2D eigenvalue weighted by molar-refractivity contribution is 7.45. The quantitative estimate of drug-likeness (QED) is 0.0272. The molecule has 1 amide bonds. The molecule has 3 atom stereocenters. The highest BCUT2D eigenvalue weighted by atomic mass is 31.2. The zero-order valence-corrected chi connectivity index (χ0v) is 62.1. The summed E-state index contributed by atoms with van der Waals surface area (Å²) < 4.78 is 23.5. The van der Waals surface area contributed by atoms with Crippen molar-refractivity contribution in [1.82, 2.24) is 5.32 Å². The number of nitrogens with one attached hydrogen (secondary N) is 1. The van der Waals surface area contributed by atoms with Gasteiger partial charge < -0.3 is 28.8 Å². The van der Waals surface area contributed by atoms with Gasteiger partial charge in [-0.3, -0.25) is 9.36 Å². The Balaban J connectivity index is 3.87. The SMILES string of the molecule is CCCCCCCCCCCCCCCCCCCCCCCCCC/C=C/C(O)C(COP(=O)([O-])OCC[N+](C)(C)C)NC(=O)CCCCCCCCCCCCCCCCCCCCCCCCCCCCCCCCCCCCCCCCCCC. The Labute approximate surface area is 558 Å². The van der Waals surface area contributed by atoms with Gasteiger partial charge in [0.2, 0.25) is 5.91 Å². The standard InChI is InChI=1S/C80H161N2O6P/c1-6-8-10-12-14-16-18-20-22-24-26-28-30-32-34-35-36-37-38-39-40-41-42-43-44-45-46-47-48-50-52-54-56-58-60-62-64-66-68-70-72-74-80(84)81-78(77-88-89(85,86)87-76-75-82(3,4)5)79(83)73-71-69-67-65-63-61-59-57-55-53-51-49-33-31-29-27-25-23-21-19-17-15-13-11-9-7-2/h71,73,78-79,83H,6-70,72,74-77H2,1-5H3,(H-,81,84,85,86)/b73-71+. The average molecular weight is 1280 g/mol. The molecule has 0 fully saturated rings. The zero-order chi connectivity index (χ0) is 64.8. The molecule has 0 aliphatic carbocycles. The topological polar surface area (TPSA) is 108 Å². The molecular formula is C80H161N2O6P. The third-order valence-electron chi connectivity index (χ3n) is 19.2. The molecule has 0 heterocycles. The number of hydrogen-bond donors (Lipinski definition) is 2. The summed E-state index contributed by atoms with van der Waals surface area (Å²) in [5.41, 5.74) is 0. The normalized spacial score (nSPS) is 13.5. The van der Waals surface area contributed by atoms with Crippen molar-refractivity contribution in [1.29, 1.82) is 0 Å². The third-order valence-corrected chi connectivity index (χ3v) is 20.2. The van der Waals surface area contributed by atoms with Crippen molar-refractivity contribution in [3.63, 3.8) is 0 Å². The number of phosphoric acid groups is 1. The number of amides is 1. The van der Waals surface area contributed by atoms with Gasteiger partial charge in [-0.25, -0.2) is 0 Å². The monoisotopic (exact) mass is 1280 g/mol. The molecule has 9 heteroatoms. The lowest BCUT2D eigenvalue weighted by molar-refractivity contribution is -0.870. The van der Waals surface area contributed by atoms with Crippen LogP contribution in [0.2, 0.25) is 0 Å². The maximum Gasteiger partial charge on any atom is 0.268 e. The fraction of sp³-hybridized carbons (Fsp3) is 0.963. The number of phosphoric ester groups is 1. The first-order valence-electron chi connectivity index (χ1n) is 40.6. The Morgan fingerprint density at radius 2 is 0.607 bits per heavy atom. The van der Waals surface area contributed by atoms with Crippen LogP contribution in [0.15, 0.2) is 12.2 Å². The second-order valence-corrected chi connectivity index (χ2v) is 30.9. The summed E-state index contributed by atoms with van der Waals surface area (Å²) in [6, 6.07) is -0.884. The van der Waals surface area contributed by atoms with E-state index in [1.54, 1.807) is 6.08 Å². The predicted molar refractivity (Wildman–Crippen MR) is 390 cm³/mol. The molecule has 0 saturated carbocycles. The largest absolute Gasteiger partial charge is 0.756 e. The summed E-state index contributed by atoms with van der Waals surface area (Å²) in [7, 11) is 1.29. The average Bonchev–Trinajstić information content (AvgIpc) is 3.64. The van der Waals surface area contributed by atoms with Crippen LogP contribution in [0, 0.1) is 0 Å². The molecule has 0 bridgehead atoms. The molecule has 3 unspecified atom stereocenters. The van der Waals surface area contributed by atoms with Crippen molar-refractivity contribution in [3.8, 4) is 0 Å². The van der Waals surface area contributed by atoms with Crippen LogP contribution in [0.4, 0.5) is 0 Å². The second kappa shape index (κ2) is 71.5.